The molecule has 0 radical (unpaired) electrons. The number of hydrogen-bond acceptors (Lipinski definition) is 10. The lowest BCUT2D eigenvalue weighted by atomic mass is 9.93. The number of ether oxygens (including phenoxy) is 4. The summed E-state index contributed by atoms with van der Waals surface area (Å²) < 4.78 is 24.9. The molecule has 0 saturated heterocycles. The minimum Gasteiger partial charge on any atom is -0.492 e. The zero-order valence-electron chi connectivity index (χ0n) is 29.8. The first-order valence-corrected chi connectivity index (χ1v) is 17.3. The lowest BCUT2D eigenvalue weighted by Gasteiger charge is -2.38. The fraction of sp³-hybridized carbons (Fsp3) is 0.200. The molecule has 0 spiro atoms. The van der Waals surface area contributed by atoms with Crippen LogP contribution in [0.4, 0.5) is 11.4 Å². The van der Waals surface area contributed by atoms with Crippen molar-refractivity contribution in [2.45, 2.75) is 39.9 Å². The van der Waals surface area contributed by atoms with Gasteiger partial charge in [0.05, 0.1) is 36.0 Å². The Morgan fingerprint density at radius 2 is 1.41 bits per heavy atom. The Morgan fingerprint density at radius 3 is 2.04 bits per heavy atom. The summed E-state index contributed by atoms with van der Waals surface area (Å²) >= 11 is 0. The van der Waals surface area contributed by atoms with Crippen LogP contribution in [0.2, 0.25) is 0 Å². The Labute approximate surface area is 310 Å². The summed E-state index contributed by atoms with van der Waals surface area (Å²) in [6, 6.07) is 20.7. The lowest BCUT2D eigenvalue weighted by Crippen LogP contribution is -2.48. The van der Waals surface area contributed by atoms with E-state index in [1.165, 1.54) is 13.8 Å². The smallest absolute Gasteiger partial charge is 0.255 e. The van der Waals surface area contributed by atoms with Crippen LogP contribution in [0, 0.1) is 0 Å². The van der Waals surface area contributed by atoms with Crippen LogP contribution in [0.3, 0.4) is 0 Å². The van der Waals surface area contributed by atoms with E-state index in [1.807, 2.05) is 26.0 Å². The van der Waals surface area contributed by atoms with Crippen molar-refractivity contribution in [1.82, 2.24) is 16.0 Å². The van der Waals surface area contributed by atoms with E-state index in [2.05, 4.69) is 21.3 Å². The zero-order chi connectivity index (χ0) is 37.9. The van der Waals surface area contributed by atoms with Crippen LogP contribution in [-0.4, -0.2) is 60.5 Å². The highest BCUT2D eigenvalue weighted by Gasteiger charge is 2.44. The van der Waals surface area contributed by atoms with Gasteiger partial charge >= 0.3 is 0 Å². The Bertz CT molecular complexity index is 2260. The number of rotatable bonds is 10. The van der Waals surface area contributed by atoms with Gasteiger partial charge in [-0.15, -0.1) is 0 Å². The van der Waals surface area contributed by atoms with Crippen LogP contribution in [0.25, 0.3) is 0 Å². The third-order valence-electron chi connectivity index (χ3n) is 8.43. The van der Waals surface area contributed by atoms with Crippen LogP contribution in [-0.2, 0) is 19.1 Å². The van der Waals surface area contributed by atoms with Crippen LogP contribution in [0.5, 0.6) is 11.5 Å². The molecule has 7 rings (SSSR count). The summed E-state index contributed by atoms with van der Waals surface area (Å²) in [5.41, 5.74) is 3.15. The maximum atomic E-state index is 13.2. The molecular formula is C40H36N6O8. The predicted molar refractivity (Wildman–Crippen MR) is 199 cm³/mol. The van der Waals surface area contributed by atoms with E-state index in [0.717, 1.165) is 0 Å². The van der Waals surface area contributed by atoms with Crippen molar-refractivity contribution >= 4 is 46.4 Å². The number of carbonyl (C=O) groups excluding carboxylic acids is 4. The molecule has 3 aromatic carbocycles. The topological polar surface area (TPSA) is 178 Å². The molecule has 2 aliphatic heterocycles. The third-order valence-corrected chi connectivity index (χ3v) is 8.43. The van der Waals surface area contributed by atoms with Crippen molar-refractivity contribution in [3.05, 3.63) is 130 Å². The molecule has 0 aromatic heterocycles. The zero-order valence-corrected chi connectivity index (χ0v) is 29.8. The predicted octanol–water partition coefficient (Wildman–Crippen LogP) is 4.97. The molecule has 2 atom stereocenters. The fourth-order valence-corrected chi connectivity index (χ4v) is 6.18. The molecule has 0 saturated carbocycles. The Balaban J connectivity index is 1.33. The summed E-state index contributed by atoms with van der Waals surface area (Å²) in [6.45, 7) is 6.91. The van der Waals surface area contributed by atoms with Gasteiger partial charge in [0.25, 0.3) is 11.8 Å². The monoisotopic (exact) mass is 728 g/mol. The number of hydrogen-bond donors (Lipinski definition) is 4. The molecule has 14 nitrogen and oxygen atoms in total. The van der Waals surface area contributed by atoms with E-state index >= 15 is 0 Å². The first kappa shape index (κ1) is 35.4. The van der Waals surface area contributed by atoms with Gasteiger partial charge in [-0.2, -0.15) is 0 Å². The Hall–Kier alpha value is -6.96. The van der Waals surface area contributed by atoms with Crippen LogP contribution in [0.1, 0.15) is 48.4 Å². The maximum Gasteiger partial charge on any atom is 0.255 e. The number of fused-ring (bicyclic) bond motifs is 4. The van der Waals surface area contributed by atoms with Crippen LogP contribution < -0.4 is 30.7 Å². The minimum absolute atomic E-state index is 0.125. The lowest BCUT2D eigenvalue weighted by molar-refractivity contribution is -0.119. The van der Waals surface area contributed by atoms with Gasteiger partial charge in [0.2, 0.25) is 11.8 Å². The summed E-state index contributed by atoms with van der Waals surface area (Å²) in [4.78, 5) is 61.6. The van der Waals surface area contributed by atoms with E-state index in [0.29, 0.717) is 58.6 Å². The highest BCUT2D eigenvalue weighted by atomic mass is 16.5. The van der Waals surface area contributed by atoms with Crippen molar-refractivity contribution in [2.24, 2.45) is 9.98 Å². The van der Waals surface area contributed by atoms with Crippen molar-refractivity contribution in [3.8, 4) is 11.5 Å². The van der Waals surface area contributed by atoms with E-state index in [9.17, 15) is 19.2 Å². The molecule has 4 aliphatic rings. The van der Waals surface area contributed by atoms with Crippen molar-refractivity contribution in [3.63, 3.8) is 0 Å². The van der Waals surface area contributed by atoms with Crippen LogP contribution in [0.15, 0.2) is 129 Å². The summed E-state index contributed by atoms with van der Waals surface area (Å²) in [5.74, 6) is -0.461. The van der Waals surface area contributed by atoms with Gasteiger partial charge in [-0.3, -0.25) is 19.2 Å². The molecule has 14 heteroatoms. The highest BCUT2D eigenvalue weighted by molar-refractivity contribution is 6.13. The Morgan fingerprint density at radius 1 is 0.759 bits per heavy atom. The molecule has 54 heavy (non-hydrogen) atoms. The quantitative estimate of drug-likeness (QED) is 0.226. The van der Waals surface area contributed by atoms with Gasteiger partial charge in [-0.1, -0.05) is 36.4 Å². The first-order valence-electron chi connectivity index (χ1n) is 17.3. The van der Waals surface area contributed by atoms with Gasteiger partial charge in [0.1, 0.15) is 40.1 Å². The molecule has 2 aliphatic carbocycles. The normalized spacial score (nSPS) is 17.9. The molecule has 0 bridgehead atoms. The van der Waals surface area contributed by atoms with E-state index in [1.54, 1.807) is 72.8 Å². The molecule has 4 amide bonds. The number of carbonyl (C=O) groups is 4. The van der Waals surface area contributed by atoms with E-state index < -0.39 is 24.0 Å². The van der Waals surface area contributed by atoms with Crippen LogP contribution >= 0.6 is 0 Å². The van der Waals surface area contributed by atoms with Gasteiger partial charge in [-0.25, -0.2) is 9.98 Å². The number of anilines is 1. The third kappa shape index (κ3) is 7.08. The molecule has 274 valence electrons. The summed E-state index contributed by atoms with van der Waals surface area (Å²) in [5, 5.41) is 11.5. The first-order chi connectivity index (χ1) is 26.1. The number of amides is 4. The number of nitrogens with zero attached hydrogens (tertiary/aromatic N) is 2. The minimum atomic E-state index is -1.07. The molecule has 0 fully saturated rings. The fourth-order valence-electron chi connectivity index (χ4n) is 6.18. The average molecular weight is 729 g/mol. The van der Waals surface area contributed by atoms with Gasteiger partial charge < -0.3 is 40.2 Å². The summed E-state index contributed by atoms with van der Waals surface area (Å²) in [7, 11) is 0. The molecule has 3 aromatic rings. The van der Waals surface area contributed by atoms with Gasteiger partial charge in [-0.05, 0) is 44.2 Å². The standard InChI is InChI=1S/C40H36N6O8/c1-5-51-29-17-27-31(19-25(29)45-39(49)23-13-9-7-10-14-23)53-37-34(42-22(4)48)36-38(33(35(37)43-27)41-21(3)47)54-32-20-26(30(52-6-2)18-28(32)44-36)46-40(50)24-15-11-8-12-16-24/h7-20,31,38H,5-6H2,1-4H3,(H,41,47)(H,42,48)(H,45,49)(H,46,50). The molecule has 2 unspecified atom stereocenters. The van der Waals surface area contributed by atoms with Crippen molar-refractivity contribution in [2.75, 3.05) is 18.5 Å². The second kappa shape index (κ2) is 14.9. The highest BCUT2D eigenvalue weighted by Crippen LogP contribution is 2.45. The van der Waals surface area contributed by atoms with Crippen molar-refractivity contribution in [1.29, 1.82) is 0 Å². The van der Waals surface area contributed by atoms with Crippen molar-refractivity contribution < 1.29 is 38.1 Å². The van der Waals surface area contributed by atoms with E-state index in [-0.39, 0.29) is 46.1 Å². The second-order valence-electron chi connectivity index (χ2n) is 12.3. The molecular weight excluding hydrogens is 692 g/mol. The van der Waals surface area contributed by atoms with E-state index in [4.69, 9.17) is 28.9 Å². The molecule has 4 N–H and O–H groups in total. The number of benzene rings is 3. The van der Waals surface area contributed by atoms with Gasteiger partial charge in [0, 0.05) is 43.2 Å². The number of aliphatic imine (C=N–C) groups is 2. The second-order valence-corrected chi connectivity index (χ2v) is 12.3. The SMILES string of the molecule is CCOC1=CC2=NC3=C(NC(C)=O)C4Oc5cc(NC(=O)c6ccccc6)c(OCC)cc5N=C4C(NC(C)=O)=C3OC2C=C1NC(=O)c1ccccc1. The Kier molecular flexibility index (Phi) is 9.81. The summed E-state index contributed by atoms with van der Waals surface area (Å²) in [6.07, 6.45) is 1.41. The number of nitrogens with one attached hydrogen (secondary N) is 4. The largest absolute Gasteiger partial charge is 0.492 e. The van der Waals surface area contributed by atoms with Gasteiger partial charge in [0.15, 0.2) is 18.0 Å². The maximum absolute atomic E-state index is 13.2. The molecule has 2 heterocycles. The average Bonchev–Trinajstić information content (AvgIpc) is 3.16.